The second kappa shape index (κ2) is 4.97. The van der Waals surface area contributed by atoms with Crippen LogP contribution in [0.4, 0.5) is 0 Å². The van der Waals surface area contributed by atoms with Crippen LogP contribution < -0.4 is 0 Å². The summed E-state index contributed by atoms with van der Waals surface area (Å²) in [6, 6.07) is 9.84. The molecule has 0 aliphatic carbocycles. The third-order valence-electron chi connectivity index (χ3n) is 1.92. The van der Waals surface area contributed by atoms with Gasteiger partial charge >= 0.3 is 0 Å². The molecule has 74 valence electrons. The molecule has 2 heteroatoms. The van der Waals surface area contributed by atoms with Crippen LogP contribution in [0, 0.1) is 6.92 Å². The second-order valence-corrected chi connectivity index (χ2v) is 3.16. The normalized spacial score (nSPS) is 9.43. The van der Waals surface area contributed by atoms with Crippen molar-refractivity contribution in [1.29, 1.82) is 0 Å². The topological polar surface area (TPSA) is 12.9 Å². The number of halogens is 1. The predicted molar refractivity (Wildman–Crippen MR) is 62.8 cm³/mol. The Labute approximate surface area is 89.7 Å². The van der Waals surface area contributed by atoms with Crippen molar-refractivity contribution in [2.75, 3.05) is 0 Å². The first-order chi connectivity index (χ1) is 6.77. The van der Waals surface area contributed by atoms with E-state index in [9.17, 15) is 0 Å². The van der Waals surface area contributed by atoms with Crippen molar-refractivity contribution >= 4 is 22.5 Å². The largest absolute Gasteiger partial charge is 0.236 e. The van der Waals surface area contributed by atoms with Crippen LogP contribution in [0.3, 0.4) is 0 Å². The lowest BCUT2D eigenvalue weighted by molar-refractivity contribution is 1.39. The Morgan fingerprint density at radius 2 is 1.79 bits per heavy atom. The zero-order valence-electron chi connectivity index (χ0n) is 8.71. The first kappa shape index (κ1) is 11.0. The molecule has 0 radical (unpaired) electrons. The average Bonchev–Trinajstić information content (AvgIpc) is 2.21. The number of aromatic nitrogens is 1. The molecule has 1 heterocycles. The van der Waals surface area contributed by atoms with Crippen molar-refractivity contribution in [3.63, 3.8) is 0 Å². The quantitative estimate of drug-likeness (QED) is 0.590. The van der Waals surface area contributed by atoms with Crippen LogP contribution >= 0.6 is 11.6 Å². The number of benzene rings is 1. The lowest BCUT2D eigenvalue weighted by Gasteiger charge is -1.99. The van der Waals surface area contributed by atoms with Gasteiger partial charge in [0.15, 0.2) is 0 Å². The highest BCUT2D eigenvalue weighted by Gasteiger charge is 1.97. The Kier molecular flexibility index (Phi) is 3.90. The number of hydrogen-bond donors (Lipinski definition) is 0. The SMILES string of the molecule is CC.Cc1cccc2nc(Cl)ccc12. The molecule has 0 bridgehead atoms. The Hall–Kier alpha value is -1.08. The van der Waals surface area contributed by atoms with Gasteiger partial charge in [-0.25, -0.2) is 4.98 Å². The summed E-state index contributed by atoms with van der Waals surface area (Å²) in [6.07, 6.45) is 0. The monoisotopic (exact) mass is 207 g/mol. The van der Waals surface area contributed by atoms with Crippen molar-refractivity contribution in [3.8, 4) is 0 Å². The molecule has 2 aromatic rings. The fourth-order valence-corrected chi connectivity index (χ4v) is 1.44. The van der Waals surface area contributed by atoms with Crippen LogP contribution in [0.2, 0.25) is 5.15 Å². The summed E-state index contributed by atoms with van der Waals surface area (Å²) in [5.74, 6) is 0. The molecule has 1 aromatic carbocycles. The first-order valence-electron chi connectivity index (χ1n) is 4.79. The molecule has 0 aliphatic rings. The predicted octanol–water partition coefficient (Wildman–Crippen LogP) is 4.22. The van der Waals surface area contributed by atoms with Gasteiger partial charge in [-0.15, -0.1) is 0 Å². The van der Waals surface area contributed by atoms with Gasteiger partial charge < -0.3 is 0 Å². The van der Waals surface area contributed by atoms with Crippen LogP contribution in [-0.4, -0.2) is 4.98 Å². The summed E-state index contributed by atoms with van der Waals surface area (Å²) in [5.41, 5.74) is 2.19. The van der Waals surface area contributed by atoms with Crippen molar-refractivity contribution in [2.24, 2.45) is 0 Å². The van der Waals surface area contributed by atoms with E-state index in [2.05, 4.69) is 18.0 Å². The lowest BCUT2D eigenvalue weighted by Crippen LogP contribution is -1.81. The van der Waals surface area contributed by atoms with Gasteiger partial charge in [-0.2, -0.15) is 0 Å². The number of pyridine rings is 1. The third kappa shape index (κ3) is 2.24. The number of rotatable bonds is 0. The molecule has 0 aliphatic heterocycles. The smallest absolute Gasteiger partial charge is 0.129 e. The van der Waals surface area contributed by atoms with Crippen LogP contribution in [0.25, 0.3) is 10.9 Å². The minimum Gasteiger partial charge on any atom is -0.236 e. The number of nitrogens with zero attached hydrogens (tertiary/aromatic N) is 1. The van der Waals surface area contributed by atoms with Crippen LogP contribution in [0.5, 0.6) is 0 Å². The number of aryl methyl sites for hydroxylation is 1. The van der Waals surface area contributed by atoms with Crippen molar-refractivity contribution in [2.45, 2.75) is 20.8 Å². The first-order valence-corrected chi connectivity index (χ1v) is 5.17. The zero-order valence-corrected chi connectivity index (χ0v) is 9.47. The maximum Gasteiger partial charge on any atom is 0.129 e. The molecule has 0 saturated carbocycles. The van der Waals surface area contributed by atoms with Crippen LogP contribution in [-0.2, 0) is 0 Å². The Balaban J connectivity index is 0.000000461. The van der Waals surface area contributed by atoms with Crippen molar-refractivity contribution in [1.82, 2.24) is 4.98 Å². The van der Waals surface area contributed by atoms with E-state index in [0.717, 1.165) is 5.52 Å². The lowest BCUT2D eigenvalue weighted by atomic mass is 10.1. The fraction of sp³-hybridized carbons (Fsp3) is 0.250. The van der Waals surface area contributed by atoms with E-state index in [1.165, 1.54) is 10.9 Å². The maximum absolute atomic E-state index is 5.76. The minimum absolute atomic E-state index is 0.549. The number of hydrogen-bond acceptors (Lipinski definition) is 1. The molecular weight excluding hydrogens is 194 g/mol. The molecule has 0 unspecified atom stereocenters. The van der Waals surface area contributed by atoms with E-state index in [1.807, 2.05) is 38.1 Å². The summed E-state index contributed by atoms with van der Waals surface area (Å²) in [4.78, 5) is 4.20. The van der Waals surface area contributed by atoms with Crippen LogP contribution in [0.15, 0.2) is 30.3 Å². The van der Waals surface area contributed by atoms with Gasteiger partial charge in [0.1, 0.15) is 5.15 Å². The summed E-state index contributed by atoms with van der Waals surface area (Å²) in [7, 11) is 0. The molecule has 1 aromatic heterocycles. The Morgan fingerprint density at radius 1 is 1.07 bits per heavy atom. The highest BCUT2D eigenvalue weighted by Crippen LogP contribution is 2.18. The molecule has 0 N–H and O–H groups in total. The van der Waals surface area contributed by atoms with Gasteiger partial charge in [-0.05, 0) is 30.7 Å². The molecule has 0 saturated heterocycles. The molecule has 2 rings (SSSR count). The van der Waals surface area contributed by atoms with Gasteiger partial charge in [-0.1, -0.05) is 37.6 Å². The molecule has 0 spiro atoms. The minimum atomic E-state index is 0.549. The van der Waals surface area contributed by atoms with E-state index in [1.54, 1.807) is 0 Å². The summed E-state index contributed by atoms with van der Waals surface area (Å²) in [6.45, 7) is 6.07. The highest BCUT2D eigenvalue weighted by molar-refractivity contribution is 6.29. The van der Waals surface area contributed by atoms with Gasteiger partial charge in [0.25, 0.3) is 0 Å². The van der Waals surface area contributed by atoms with Crippen molar-refractivity contribution in [3.05, 3.63) is 41.0 Å². The van der Waals surface area contributed by atoms with E-state index in [4.69, 9.17) is 11.6 Å². The fourth-order valence-electron chi connectivity index (χ4n) is 1.28. The molecule has 1 nitrogen and oxygen atoms in total. The summed E-state index contributed by atoms with van der Waals surface area (Å²) < 4.78 is 0. The third-order valence-corrected chi connectivity index (χ3v) is 2.13. The maximum atomic E-state index is 5.76. The van der Waals surface area contributed by atoms with Gasteiger partial charge in [0.2, 0.25) is 0 Å². The molecular formula is C12H14ClN. The number of fused-ring (bicyclic) bond motifs is 1. The molecule has 14 heavy (non-hydrogen) atoms. The average molecular weight is 208 g/mol. The Morgan fingerprint density at radius 3 is 2.50 bits per heavy atom. The second-order valence-electron chi connectivity index (χ2n) is 2.78. The van der Waals surface area contributed by atoms with Crippen LogP contribution in [0.1, 0.15) is 19.4 Å². The van der Waals surface area contributed by atoms with Gasteiger partial charge in [0, 0.05) is 5.39 Å². The zero-order chi connectivity index (χ0) is 10.6. The van der Waals surface area contributed by atoms with E-state index in [-0.39, 0.29) is 0 Å². The summed E-state index contributed by atoms with van der Waals surface area (Å²) >= 11 is 5.76. The summed E-state index contributed by atoms with van der Waals surface area (Å²) in [5, 5.41) is 1.72. The Bertz CT molecular complexity index is 424. The molecule has 0 amide bonds. The molecule has 0 fully saturated rings. The standard InChI is InChI=1S/C10H8ClN.C2H6/c1-7-3-2-4-9-8(7)5-6-10(11)12-9;1-2/h2-6H,1H3;1-2H3. The van der Waals surface area contributed by atoms with E-state index >= 15 is 0 Å². The van der Waals surface area contributed by atoms with Gasteiger partial charge in [0.05, 0.1) is 5.52 Å². The van der Waals surface area contributed by atoms with Gasteiger partial charge in [-0.3, -0.25) is 0 Å². The van der Waals surface area contributed by atoms with E-state index in [0.29, 0.717) is 5.15 Å². The van der Waals surface area contributed by atoms with E-state index < -0.39 is 0 Å². The highest BCUT2D eigenvalue weighted by atomic mass is 35.5. The molecule has 0 atom stereocenters. The van der Waals surface area contributed by atoms with Crippen molar-refractivity contribution < 1.29 is 0 Å².